The number of ether oxygens (including phenoxy) is 1. The van der Waals surface area contributed by atoms with Crippen molar-refractivity contribution in [1.29, 1.82) is 0 Å². The van der Waals surface area contributed by atoms with E-state index in [1.807, 2.05) is 13.8 Å². The molecule has 2 atom stereocenters. The van der Waals surface area contributed by atoms with Gasteiger partial charge in [-0.15, -0.1) is 0 Å². The summed E-state index contributed by atoms with van der Waals surface area (Å²) < 4.78 is 5.51. The second-order valence-corrected chi connectivity index (χ2v) is 5.31. The number of nitrogens with one attached hydrogen (secondary N) is 1. The van der Waals surface area contributed by atoms with Crippen molar-refractivity contribution < 1.29 is 9.53 Å². The van der Waals surface area contributed by atoms with E-state index in [1.165, 1.54) is 0 Å². The van der Waals surface area contributed by atoms with Gasteiger partial charge in [-0.05, 0) is 32.4 Å². The maximum Gasteiger partial charge on any atom is 0.274 e. The lowest BCUT2D eigenvalue weighted by molar-refractivity contribution is 0.0570. The first-order chi connectivity index (χ1) is 9.54. The predicted molar refractivity (Wildman–Crippen MR) is 79.3 cm³/mol. The Morgan fingerprint density at radius 1 is 1.60 bits per heavy atom. The number of pyridine rings is 1. The molecule has 2 heterocycles. The topological polar surface area (TPSA) is 54.5 Å². The molecule has 1 aliphatic heterocycles. The van der Waals surface area contributed by atoms with Crippen LogP contribution in [-0.2, 0) is 4.74 Å². The van der Waals surface area contributed by atoms with Crippen molar-refractivity contribution in [2.24, 2.45) is 0 Å². The standard InChI is InChI=1S/C14H20ClN3O2/c1-4-16-12-6-5-10(15)13(17-12)14(19)18(3)11-7-8-20-9(11)2/h5-6,9,11H,4,7-8H2,1-3H3,(H,16,17). The first-order valence-corrected chi connectivity index (χ1v) is 7.21. The fraction of sp³-hybridized carbons (Fsp3) is 0.571. The predicted octanol–water partition coefficient (Wildman–Crippen LogP) is 2.42. The molecular weight excluding hydrogens is 278 g/mol. The summed E-state index contributed by atoms with van der Waals surface area (Å²) >= 11 is 6.11. The van der Waals surface area contributed by atoms with Crippen LogP contribution in [-0.4, -0.2) is 48.1 Å². The summed E-state index contributed by atoms with van der Waals surface area (Å²) in [4.78, 5) is 18.5. The molecule has 1 N–H and O–H groups in total. The minimum absolute atomic E-state index is 0.0414. The van der Waals surface area contributed by atoms with Gasteiger partial charge in [0.2, 0.25) is 0 Å². The van der Waals surface area contributed by atoms with Gasteiger partial charge in [0.1, 0.15) is 11.5 Å². The molecule has 2 rings (SSSR count). The van der Waals surface area contributed by atoms with Crippen molar-refractivity contribution in [2.45, 2.75) is 32.4 Å². The number of carbonyl (C=O) groups excluding carboxylic acids is 1. The van der Waals surface area contributed by atoms with Crippen molar-refractivity contribution in [2.75, 3.05) is 25.5 Å². The van der Waals surface area contributed by atoms with Crippen molar-refractivity contribution in [3.63, 3.8) is 0 Å². The largest absolute Gasteiger partial charge is 0.376 e. The van der Waals surface area contributed by atoms with E-state index in [0.717, 1.165) is 13.0 Å². The Morgan fingerprint density at radius 3 is 2.95 bits per heavy atom. The monoisotopic (exact) mass is 297 g/mol. The van der Waals surface area contributed by atoms with Gasteiger partial charge in [-0.25, -0.2) is 4.98 Å². The Balaban J connectivity index is 2.21. The highest BCUT2D eigenvalue weighted by Crippen LogP contribution is 2.23. The van der Waals surface area contributed by atoms with Gasteiger partial charge >= 0.3 is 0 Å². The molecule has 1 saturated heterocycles. The normalized spacial score (nSPS) is 21.8. The van der Waals surface area contributed by atoms with Crippen LogP contribution >= 0.6 is 11.6 Å². The number of nitrogens with zero attached hydrogens (tertiary/aromatic N) is 2. The van der Waals surface area contributed by atoms with Crippen molar-refractivity contribution in [1.82, 2.24) is 9.88 Å². The third-order valence-corrected chi connectivity index (χ3v) is 3.87. The number of aromatic nitrogens is 1. The Kier molecular flexibility index (Phi) is 4.83. The van der Waals surface area contributed by atoms with Crippen LogP contribution < -0.4 is 5.32 Å². The highest BCUT2D eigenvalue weighted by molar-refractivity contribution is 6.33. The average Bonchev–Trinajstić information content (AvgIpc) is 2.86. The van der Waals surface area contributed by atoms with Crippen LogP contribution in [0.1, 0.15) is 30.8 Å². The molecule has 1 amide bonds. The molecule has 0 aromatic carbocycles. The minimum atomic E-state index is -0.169. The van der Waals surface area contributed by atoms with Crippen LogP contribution in [0.3, 0.4) is 0 Å². The van der Waals surface area contributed by atoms with Crippen molar-refractivity contribution >= 4 is 23.3 Å². The number of likely N-dealkylation sites (N-methyl/N-ethyl adjacent to an activating group) is 1. The molecule has 0 saturated carbocycles. The lowest BCUT2D eigenvalue weighted by atomic mass is 10.1. The van der Waals surface area contributed by atoms with E-state index in [1.54, 1.807) is 24.1 Å². The van der Waals surface area contributed by atoms with Gasteiger partial charge < -0.3 is 15.0 Å². The fourth-order valence-corrected chi connectivity index (χ4v) is 2.60. The van der Waals surface area contributed by atoms with Crippen LogP contribution in [0, 0.1) is 0 Å². The molecule has 0 radical (unpaired) electrons. The van der Waals surface area contributed by atoms with Gasteiger partial charge in [-0.2, -0.15) is 0 Å². The summed E-state index contributed by atoms with van der Waals surface area (Å²) in [7, 11) is 1.77. The lowest BCUT2D eigenvalue weighted by Gasteiger charge is -2.26. The third kappa shape index (κ3) is 3.04. The van der Waals surface area contributed by atoms with E-state index < -0.39 is 0 Å². The van der Waals surface area contributed by atoms with Crippen LogP contribution in [0.4, 0.5) is 5.82 Å². The van der Waals surface area contributed by atoms with Gasteiger partial charge in [0.05, 0.1) is 17.2 Å². The zero-order valence-electron chi connectivity index (χ0n) is 12.0. The number of hydrogen-bond donors (Lipinski definition) is 1. The van der Waals surface area contributed by atoms with Gasteiger partial charge in [0.25, 0.3) is 5.91 Å². The Morgan fingerprint density at radius 2 is 2.35 bits per heavy atom. The maximum absolute atomic E-state index is 12.6. The molecule has 0 bridgehead atoms. The summed E-state index contributed by atoms with van der Waals surface area (Å²) in [6, 6.07) is 3.54. The quantitative estimate of drug-likeness (QED) is 0.927. The highest BCUT2D eigenvalue weighted by atomic mass is 35.5. The maximum atomic E-state index is 12.6. The number of anilines is 1. The van der Waals surface area contributed by atoms with E-state index in [2.05, 4.69) is 10.3 Å². The van der Waals surface area contributed by atoms with Gasteiger partial charge in [0.15, 0.2) is 0 Å². The van der Waals surface area contributed by atoms with E-state index in [-0.39, 0.29) is 23.7 Å². The zero-order chi connectivity index (χ0) is 14.7. The zero-order valence-corrected chi connectivity index (χ0v) is 12.8. The van der Waals surface area contributed by atoms with Gasteiger partial charge in [-0.3, -0.25) is 4.79 Å². The Labute approximate surface area is 124 Å². The Bertz CT molecular complexity index is 495. The van der Waals surface area contributed by atoms with Gasteiger partial charge in [-0.1, -0.05) is 11.6 Å². The van der Waals surface area contributed by atoms with E-state index in [9.17, 15) is 4.79 Å². The summed E-state index contributed by atoms with van der Waals surface area (Å²) in [6.45, 7) is 5.38. The van der Waals surface area contributed by atoms with E-state index in [0.29, 0.717) is 17.4 Å². The first-order valence-electron chi connectivity index (χ1n) is 6.83. The molecular formula is C14H20ClN3O2. The Hall–Kier alpha value is -1.33. The number of rotatable bonds is 4. The first kappa shape index (κ1) is 15.1. The fourth-order valence-electron chi connectivity index (χ4n) is 2.42. The van der Waals surface area contributed by atoms with E-state index >= 15 is 0 Å². The smallest absolute Gasteiger partial charge is 0.274 e. The number of hydrogen-bond acceptors (Lipinski definition) is 4. The summed E-state index contributed by atoms with van der Waals surface area (Å²) in [6.07, 6.45) is 0.883. The van der Waals surface area contributed by atoms with Crippen LogP contribution in [0.25, 0.3) is 0 Å². The SMILES string of the molecule is CCNc1ccc(Cl)c(C(=O)N(C)C2CCOC2C)n1. The highest BCUT2D eigenvalue weighted by Gasteiger charge is 2.32. The van der Waals surface area contributed by atoms with Gasteiger partial charge in [0, 0.05) is 20.2 Å². The molecule has 110 valence electrons. The molecule has 0 aliphatic carbocycles. The summed E-state index contributed by atoms with van der Waals surface area (Å²) in [5, 5.41) is 3.45. The molecule has 5 nitrogen and oxygen atoms in total. The lowest BCUT2D eigenvalue weighted by Crippen LogP contribution is -2.41. The third-order valence-electron chi connectivity index (χ3n) is 3.56. The molecule has 0 spiro atoms. The molecule has 20 heavy (non-hydrogen) atoms. The molecule has 1 fully saturated rings. The molecule has 1 aromatic rings. The number of halogens is 1. The second kappa shape index (κ2) is 6.41. The second-order valence-electron chi connectivity index (χ2n) is 4.91. The molecule has 1 aliphatic rings. The van der Waals surface area contributed by atoms with Crippen molar-refractivity contribution in [3.05, 3.63) is 22.8 Å². The molecule has 6 heteroatoms. The van der Waals surface area contributed by atoms with Crippen LogP contribution in [0.5, 0.6) is 0 Å². The van der Waals surface area contributed by atoms with Crippen LogP contribution in [0.15, 0.2) is 12.1 Å². The molecule has 1 aromatic heterocycles. The average molecular weight is 298 g/mol. The van der Waals surface area contributed by atoms with E-state index in [4.69, 9.17) is 16.3 Å². The summed E-state index contributed by atoms with van der Waals surface area (Å²) in [5.74, 6) is 0.487. The number of carbonyl (C=O) groups is 1. The number of amides is 1. The molecule has 2 unspecified atom stereocenters. The van der Waals surface area contributed by atoms with Crippen LogP contribution in [0.2, 0.25) is 5.02 Å². The van der Waals surface area contributed by atoms with Crippen molar-refractivity contribution in [3.8, 4) is 0 Å². The summed E-state index contributed by atoms with van der Waals surface area (Å²) in [5.41, 5.74) is 0.284. The minimum Gasteiger partial charge on any atom is -0.376 e.